The second-order valence-corrected chi connectivity index (χ2v) is 1.58. The summed E-state index contributed by atoms with van der Waals surface area (Å²) in [6.45, 7) is 0. The van der Waals surface area contributed by atoms with Crippen molar-refractivity contribution in [3.63, 3.8) is 0 Å². The van der Waals surface area contributed by atoms with Gasteiger partial charge in [-0.3, -0.25) is 0 Å². The fraction of sp³-hybridized carbons (Fsp3) is 0. The molecule has 1 aromatic rings. The maximum absolute atomic E-state index is 5.36. The molecule has 0 fully saturated rings. The van der Waals surface area contributed by atoms with Crippen molar-refractivity contribution >= 4 is 36.2 Å². The molecule has 4 heteroatoms. The van der Waals surface area contributed by atoms with Gasteiger partial charge in [0.1, 0.15) is 0 Å². The van der Waals surface area contributed by atoms with Crippen LogP contribution in [0.15, 0.2) is 18.2 Å². The molecular formula is C6H9Cl2N2. The Hall–Kier alpha value is -0.600. The number of halogens is 2. The van der Waals surface area contributed by atoms with Gasteiger partial charge in [0.2, 0.25) is 0 Å². The first kappa shape index (κ1) is 12.1. The second kappa shape index (κ2) is 5.21. The number of benzene rings is 1. The third-order valence-corrected chi connectivity index (χ3v) is 0.848. The summed E-state index contributed by atoms with van der Waals surface area (Å²) in [5, 5.41) is 0. The van der Waals surface area contributed by atoms with E-state index in [0.717, 1.165) is 0 Å². The third-order valence-electron chi connectivity index (χ3n) is 0.848. The summed E-state index contributed by atoms with van der Waals surface area (Å²) < 4.78 is 0. The largest absolute Gasteiger partial charge is 0.399 e. The molecule has 1 rings (SSSR count). The summed E-state index contributed by atoms with van der Waals surface area (Å²) in [6.07, 6.45) is 0. The molecule has 10 heavy (non-hydrogen) atoms. The normalized spacial score (nSPS) is 7.20. The molecule has 0 amide bonds. The second-order valence-electron chi connectivity index (χ2n) is 1.58. The molecule has 1 aromatic carbocycles. The van der Waals surface area contributed by atoms with Gasteiger partial charge < -0.3 is 11.5 Å². The number of hydrogen-bond acceptors (Lipinski definition) is 2. The monoisotopic (exact) mass is 179 g/mol. The topological polar surface area (TPSA) is 52.0 Å². The van der Waals surface area contributed by atoms with Crippen LogP contribution < -0.4 is 11.5 Å². The highest BCUT2D eigenvalue weighted by Crippen LogP contribution is 2.05. The zero-order valence-corrected chi connectivity index (χ0v) is 6.84. The molecule has 0 heterocycles. The SMILES string of the molecule is Cl.Cl.Nc1[c]ccc(N)c1. The Morgan fingerprint density at radius 3 is 2.10 bits per heavy atom. The van der Waals surface area contributed by atoms with E-state index in [4.69, 9.17) is 11.5 Å². The van der Waals surface area contributed by atoms with Crippen LogP contribution in [0.2, 0.25) is 0 Å². The maximum atomic E-state index is 5.36. The molecule has 0 aliphatic carbocycles. The number of hydrogen-bond donors (Lipinski definition) is 2. The molecule has 0 saturated carbocycles. The highest BCUT2D eigenvalue weighted by Gasteiger charge is 1.82. The van der Waals surface area contributed by atoms with Crippen molar-refractivity contribution in [3.8, 4) is 0 Å². The van der Waals surface area contributed by atoms with Crippen molar-refractivity contribution in [3.05, 3.63) is 24.3 Å². The molecule has 0 spiro atoms. The lowest BCUT2D eigenvalue weighted by Gasteiger charge is -1.90. The van der Waals surface area contributed by atoms with Gasteiger partial charge >= 0.3 is 0 Å². The lowest BCUT2D eigenvalue weighted by Crippen LogP contribution is -1.87. The molecule has 1 radical (unpaired) electrons. The average Bonchev–Trinajstić information content (AvgIpc) is 1.64. The van der Waals surface area contributed by atoms with Crippen LogP contribution in [0.5, 0.6) is 0 Å². The van der Waals surface area contributed by atoms with Gasteiger partial charge in [0.15, 0.2) is 0 Å². The Kier molecular flexibility index (Phi) is 6.31. The lowest BCUT2D eigenvalue weighted by molar-refractivity contribution is 1.65. The Balaban J connectivity index is 0. The molecule has 2 nitrogen and oxygen atoms in total. The fourth-order valence-corrected chi connectivity index (χ4v) is 0.503. The number of anilines is 2. The van der Waals surface area contributed by atoms with Crippen molar-refractivity contribution in [1.82, 2.24) is 0 Å². The van der Waals surface area contributed by atoms with Crippen LogP contribution in [0.25, 0.3) is 0 Å². The Bertz CT molecular complexity index is 174. The van der Waals surface area contributed by atoms with E-state index < -0.39 is 0 Å². The predicted molar refractivity (Wildman–Crippen MR) is 48.6 cm³/mol. The number of nitrogens with two attached hydrogens (primary N) is 2. The third kappa shape index (κ3) is 3.43. The van der Waals surface area contributed by atoms with Gasteiger partial charge in [-0.2, -0.15) is 0 Å². The summed E-state index contributed by atoms with van der Waals surface area (Å²) in [7, 11) is 0. The average molecular weight is 180 g/mol. The zero-order valence-electron chi connectivity index (χ0n) is 5.20. The van der Waals surface area contributed by atoms with E-state index in [-0.39, 0.29) is 24.8 Å². The molecule has 57 valence electrons. The van der Waals surface area contributed by atoms with Crippen molar-refractivity contribution in [2.24, 2.45) is 0 Å². The van der Waals surface area contributed by atoms with Crippen LogP contribution in [0.3, 0.4) is 0 Å². The van der Waals surface area contributed by atoms with E-state index in [0.29, 0.717) is 11.4 Å². The van der Waals surface area contributed by atoms with Crippen LogP contribution in [0.4, 0.5) is 11.4 Å². The highest BCUT2D eigenvalue weighted by atomic mass is 35.5. The van der Waals surface area contributed by atoms with Crippen molar-refractivity contribution in [2.75, 3.05) is 11.5 Å². The van der Waals surface area contributed by atoms with E-state index in [1.54, 1.807) is 18.2 Å². The minimum atomic E-state index is 0. The minimum Gasteiger partial charge on any atom is -0.399 e. The van der Waals surface area contributed by atoms with Gasteiger partial charge in [0.05, 0.1) is 0 Å². The predicted octanol–water partition coefficient (Wildman–Crippen LogP) is 1.49. The number of nitrogen functional groups attached to an aromatic ring is 2. The van der Waals surface area contributed by atoms with Gasteiger partial charge in [-0.25, -0.2) is 0 Å². The van der Waals surface area contributed by atoms with Crippen LogP contribution in [-0.2, 0) is 0 Å². The Labute approximate surface area is 72.4 Å². The zero-order chi connectivity index (χ0) is 5.98. The summed E-state index contributed by atoms with van der Waals surface area (Å²) in [6, 6.07) is 7.88. The molecule has 0 atom stereocenters. The lowest BCUT2D eigenvalue weighted by atomic mass is 10.3. The standard InChI is InChI=1S/C6H7N2.2ClH/c7-5-2-1-3-6(8)4-5;;/h1-2,4H,7-8H2;2*1H. The van der Waals surface area contributed by atoms with Gasteiger partial charge in [-0.1, -0.05) is 6.07 Å². The van der Waals surface area contributed by atoms with E-state index in [1.807, 2.05) is 0 Å². The van der Waals surface area contributed by atoms with Crippen LogP contribution in [-0.4, -0.2) is 0 Å². The molecular weight excluding hydrogens is 171 g/mol. The van der Waals surface area contributed by atoms with Crippen LogP contribution in [0, 0.1) is 6.07 Å². The first-order valence-electron chi connectivity index (χ1n) is 2.32. The van der Waals surface area contributed by atoms with E-state index in [1.165, 1.54) is 0 Å². The summed E-state index contributed by atoms with van der Waals surface area (Å²) in [5.74, 6) is 0. The first-order chi connectivity index (χ1) is 3.79. The van der Waals surface area contributed by atoms with E-state index in [9.17, 15) is 0 Å². The van der Waals surface area contributed by atoms with Crippen molar-refractivity contribution < 1.29 is 0 Å². The smallest absolute Gasteiger partial charge is 0.0415 e. The number of rotatable bonds is 0. The summed E-state index contributed by atoms with van der Waals surface area (Å²) in [5.41, 5.74) is 12.0. The maximum Gasteiger partial charge on any atom is 0.0415 e. The Morgan fingerprint density at radius 1 is 1.20 bits per heavy atom. The molecule has 0 aliphatic heterocycles. The molecule has 0 aliphatic rings. The highest BCUT2D eigenvalue weighted by molar-refractivity contribution is 5.85. The van der Waals surface area contributed by atoms with E-state index >= 15 is 0 Å². The molecule has 0 saturated heterocycles. The van der Waals surface area contributed by atoms with Crippen LogP contribution >= 0.6 is 24.8 Å². The Morgan fingerprint density at radius 2 is 1.80 bits per heavy atom. The van der Waals surface area contributed by atoms with Crippen molar-refractivity contribution in [2.45, 2.75) is 0 Å². The van der Waals surface area contributed by atoms with Crippen molar-refractivity contribution in [1.29, 1.82) is 0 Å². The molecule has 0 unspecified atom stereocenters. The summed E-state index contributed by atoms with van der Waals surface area (Å²) >= 11 is 0. The van der Waals surface area contributed by atoms with E-state index in [2.05, 4.69) is 6.07 Å². The van der Waals surface area contributed by atoms with Gasteiger partial charge in [0, 0.05) is 17.4 Å². The molecule has 4 N–H and O–H groups in total. The van der Waals surface area contributed by atoms with Crippen LogP contribution in [0.1, 0.15) is 0 Å². The summed E-state index contributed by atoms with van der Waals surface area (Å²) in [4.78, 5) is 0. The molecule has 0 bridgehead atoms. The minimum absolute atomic E-state index is 0. The first-order valence-corrected chi connectivity index (χ1v) is 2.32. The van der Waals surface area contributed by atoms with Gasteiger partial charge in [-0.05, 0) is 12.1 Å². The molecule has 0 aromatic heterocycles. The van der Waals surface area contributed by atoms with Gasteiger partial charge in [-0.15, -0.1) is 24.8 Å². The van der Waals surface area contributed by atoms with Gasteiger partial charge in [0.25, 0.3) is 0 Å². The fourth-order valence-electron chi connectivity index (χ4n) is 0.503. The quantitative estimate of drug-likeness (QED) is 0.594.